The monoisotopic (exact) mass is 319 g/mol. The maximum absolute atomic E-state index is 12.4. The maximum Gasteiger partial charge on any atom is 0.411 e. The Morgan fingerprint density at radius 3 is 2.43 bits per heavy atom. The van der Waals surface area contributed by atoms with E-state index in [1.54, 1.807) is 13.8 Å². The molecule has 23 heavy (non-hydrogen) atoms. The first kappa shape index (κ1) is 17.3. The number of aliphatic carboxylic acids is 1. The number of hydrogen-bond acceptors (Lipinski definition) is 3. The van der Waals surface area contributed by atoms with E-state index in [9.17, 15) is 14.7 Å². The number of likely N-dealkylation sites (N-methyl/N-ethyl adjacent to an activating group) is 1. The summed E-state index contributed by atoms with van der Waals surface area (Å²) in [4.78, 5) is 25.6. The van der Waals surface area contributed by atoms with E-state index in [4.69, 9.17) is 4.74 Å². The molecule has 2 rings (SSSR count). The summed E-state index contributed by atoms with van der Waals surface area (Å²) in [6, 6.07) is 9.38. The Morgan fingerprint density at radius 1 is 1.30 bits per heavy atom. The zero-order valence-corrected chi connectivity index (χ0v) is 13.8. The number of rotatable bonds is 7. The van der Waals surface area contributed by atoms with Crippen molar-refractivity contribution in [3.8, 4) is 0 Å². The molecule has 0 radical (unpaired) electrons. The molecule has 1 aliphatic rings. The van der Waals surface area contributed by atoms with Crippen molar-refractivity contribution < 1.29 is 19.4 Å². The van der Waals surface area contributed by atoms with E-state index in [0.717, 1.165) is 24.8 Å². The van der Waals surface area contributed by atoms with Crippen LogP contribution in [-0.2, 0) is 16.1 Å². The largest absolute Gasteiger partial charge is 0.480 e. The SMILES string of the molecule is CCN(C(=O)OCc1ccccc1)C(C)(CC1CCC1)C(=O)O. The van der Waals surface area contributed by atoms with E-state index in [1.165, 1.54) is 4.90 Å². The molecule has 1 aromatic rings. The number of benzene rings is 1. The van der Waals surface area contributed by atoms with Crippen molar-refractivity contribution in [2.24, 2.45) is 5.92 Å². The zero-order chi connectivity index (χ0) is 16.9. The average Bonchev–Trinajstić information content (AvgIpc) is 2.50. The van der Waals surface area contributed by atoms with Gasteiger partial charge < -0.3 is 9.84 Å². The van der Waals surface area contributed by atoms with Crippen LogP contribution in [0.25, 0.3) is 0 Å². The fourth-order valence-electron chi connectivity index (χ4n) is 3.05. The highest BCUT2D eigenvalue weighted by atomic mass is 16.6. The van der Waals surface area contributed by atoms with E-state index in [1.807, 2.05) is 30.3 Å². The second kappa shape index (κ2) is 7.49. The summed E-state index contributed by atoms with van der Waals surface area (Å²) in [6.07, 6.45) is 3.14. The molecule has 1 fully saturated rings. The number of nitrogens with zero attached hydrogens (tertiary/aromatic N) is 1. The quantitative estimate of drug-likeness (QED) is 0.832. The molecule has 5 nitrogen and oxygen atoms in total. The van der Waals surface area contributed by atoms with Gasteiger partial charge in [-0.1, -0.05) is 49.6 Å². The Balaban J connectivity index is 2.04. The predicted octanol–water partition coefficient (Wildman–Crippen LogP) is 3.68. The molecule has 1 aromatic carbocycles. The van der Waals surface area contributed by atoms with Crippen LogP contribution >= 0.6 is 0 Å². The summed E-state index contributed by atoms with van der Waals surface area (Å²) in [7, 11) is 0. The molecular weight excluding hydrogens is 294 g/mol. The van der Waals surface area contributed by atoms with Crippen LogP contribution in [0.4, 0.5) is 4.79 Å². The number of carboxylic acids is 1. The molecule has 0 heterocycles. The molecule has 5 heteroatoms. The van der Waals surface area contributed by atoms with Gasteiger partial charge in [-0.05, 0) is 31.7 Å². The van der Waals surface area contributed by atoms with Crippen molar-refractivity contribution in [1.29, 1.82) is 0 Å². The second-order valence-electron chi connectivity index (χ2n) is 6.36. The highest BCUT2D eigenvalue weighted by molar-refractivity contribution is 5.84. The third kappa shape index (κ3) is 4.03. The number of amides is 1. The fourth-order valence-corrected chi connectivity index (χ4v) is 3.05. The summed E-state index contributed by atoms with van der Waals surface area (Å²) in [5.41, 5.74) is -0.332. The van der Waals surface area contributed by atoms with Gasteiger partial charge >= 0.3 is 12.1 Å². The molecule has 1 N–H and O–H groups in total. The lowest BCUT2D eigenvalue weighted by Gasteiger charge is -2.40. The van der Waals surface area contributed by atoms with Gasteiger partial charge in [-0.15, -0.1) is 0 Å². The first-order valence-electron chi connectivity index (χ1n) is 8.19. The number of carbonyl (C=O) groups is 2. The smallest absolute Gasteiger partial charge is 0.411 e. The second-order valence-corrected chi connectivity index (χ2v) is 6.36. The van der Waals surface area contributed by atoms with Crippen LogP contribution in [0.1, 0.15) is 45.1 Å². The van der Waals surface area contributed by atoms with Crippen molar-refractivity contribution in [2.75, 3.05) is 6.54 Å². The minimum atomic E-state index is -1.21. The molecule has 0 aliphatic heterocycles. The Bertz CT molecular complexity index is 541. The Hall–Kier alpha value is -2.04. The summed E-state index contributed by atoms with van der Waals surface area (Å²) >= 11 is 0. The van der Waals surface area contributed by atoms with Gasteiger partial charge in [-0.25, -0.2) is 9.59 Å². The molecule has 0 saturated heterocycles. The van der Waals surface area contributed by atoms with Gasteiger partial charge in [0.05, 0.1) is 0 Å². The minimum Gasteiger partial charge on any atom is -0.480 e. The highest BCUT2D eigenvalue weighted by Crippen LogP contribution is 2.36. The van der Waals surface area contributed by atoms with Gasteiger partial charge in [0.1, 0.15) is 12.1 Å². The molecular formula is C18H25NO4. The lowest BCUT2D eigenvalue weighted by molar-refractivity contribution is -0.151. The zero-order valence-electron chi connectivity index (χ0n) is 13.8. The van der Waals surface area contributed by atoms with Crippen LogP contribution in [0.2, 0.25) is 0 Å². The van der Waals surface area contributed by atoms with Crippen LogP contribution in [0.5, 0.6) is 0 Å². The van der Waals surface area contributed by atoms with Crippen molar-refractivity contribution in [2.45, 2.75) is 51.7 Å². The molecule has 126 valence electrons. The van der Waals surface area contributed by atoms with Crippen molar-refractivity contribution in [1.82, 2.24) is 4.90 Å². The minimum absolute atomic E-state index is 0.148. The van der Waals surface area contributed by atoms with Crippen molar-refractivity contribution in [3.05, 3.63) is 35.9 Å². The summed E-state index contributed by atoms with van der Waals surface area (Å²) < 4.78 is 5.33. The lowest BCUT2D eigenvalue weighted by atomic mass is 9.76. The summed E-state index contributed by atoms with van der Waals surface area (Å²) in [5.74, 6) is -0.588. The van der Waals surface area contributed by atoms with Crippen molar-refractivity contribution in [3.63, 3.8) is 0 Å². The van der Waals surface area contributed by atoms with E-state index < -0.39 is 17.6 Å². The molecule has 0 bridgehead atoms. The van der Waals surface area contributed by atoms with Crippen LogP contribution in [-0.4, -0.2) is 34.2 Å². The van der Waals surface area contributed by atoms with Gasteiger partial charge in [0, 0.05) is 6.54 Å². The molecule has 0 aromatic heterocycles. The Labute approximate surface area is 137 Å². The molecule has 1 unspecified atom stereocenters. The van der Waals surface area contributed by atoms with E-state index in [-0.39, 0.29) is 6.61 Å². The fraction of sp³-hybridized carbons (Fsp3) is 0.556. The van der Waals surface area contributed by atoms with Crippen LogP contribution in [0.15, 0.2) is 30.3 Å². The topological polar surface area (TPSA) is 66.8 Å². The van der Waals surface area contributed by atoms with Gasteiger partial charge in [-0.2, -0.15) is 0 Å². The number of ether oxygens (including phenoxy) is 1. The van der Waals surface area contributed by atoms with Gasteiger partial charge in [0.2, 0.25) is 0 Å². The molecule has 1 atom stereocenters. The number of hydrogen-bond donors (Lipinski definition) is 1. The predicted molar refractivity (Wildman–Crippen MR) is 87.0 cm³/mol. The standard InChI is InChI=1S/C18H25NO4/c1-3-19(17(22)23-13-15-8-5-4-6-9-15)18(2,16(20)21)12-14-10-7-11-14/h4-6,8-9,14H,3,7,10-13H2,1-2H3,(H,20,21). The van der Waals surface area contributed by atoms with Crippen LogP contribution in [0, 0.1) is 5.92 Å². The average molecular weight is 319 g/mol. The van der Waals surface area contributed by atoms with Gasteiger partial charge in [-0.3, -0.25) is 4.90 Å². The van der Waals surface area contributed by atoms with E-state index in [0.29, 0.717) is 18.9 Å². The summed E-state index contributed by atoms with van der Waals surface area (Å²) in [6.45, 7) is 3.87. The maximum atomic E-state index is 12.4. The van der Waals surface area contributed by atoms with Crippen molar-refractivity contribution >= 4 is 12.1 Å². The lowest BCUT2D eigenvalue weighted by Crippen LogP contribution is -2.56. The number of carbonyl (C=O) groups excluding carboxylic acids is 1. The number of carboxylic acid groups (broad SMARTS) is 1. The first-order chi connectivity index (χ1) is 11.0. The Kier molecular flexibility index (Phi) is 5.64. The van der Waals surface area contributed by atoms with Crippen LogP contribution < -0.4 is 0 Å². The first-order valence-corrected chi connectivity index (χ1v) is 8.19. The molecule has 1 saturated carbocycles. The highest BCUT2D eigenvalue weighted by Gasteiger charge is 2.45. The normalized spacial score (nSPS) is 17.0. The third-order valence-electron chi connectivity index (χ3n) is 4.71. The molecule has 0 spiro atoms. The van der Waals surface area contributed by atoms with E-state index in [2.05, 4.69) is 0 Å². The Morgan fingerprint density at radius 2 is 1.96 bits per heavy atom. The third-order valence-corrected chi connectivity index (χ3v) is 4.71. The van der Waals surface area contributed by atoms with E-state index >= 15 is 0 Å². The molecule has 1 amide bonds. The van der Waals surface area contributed by atoms with Gasteiger partial charge in [0.15, 0.2) is 0 Å². The van der Waals surface area contributed by atoms with Gasteiger partial charge in [0.25, 0.3) is 0 Å². The molecule has 1 aliphatic carbocycles. The van der Waals surface area contributed by atoms with Crippen LogP contribution in [0.3, 0.4) is 0 Å². The summed E-state index contributed by atoms with van der Waals surface area (Å²) in [5, 5.41) is 9.69.